The summed E-state index contributed by atoms with van der Waals surface area (Å²) in [4.78, 5) is 7.13. The van der Waals surface area contributed by atoms with Gasteiger partial charge >= 0.3 is 0 Å². The Hall–Kier alpha value is -3.03. The summed E-state index contributed by atoms with van der Waals surface area (Å²) in [5.41, 5.74) is 7.65. The van der Waals surface area contributed by atoms with Gasteiger partial charge in [0.15, 0.2) is 0 Å². The van der Waals surface area contributed by atoms with Crippen LogP contribution in [0.15, 0.2) is 78.0 Å². The molecule has 0 bridgehead atoms. The Morgan fingerprint density at radius 2 is 0.971 bits per heavy atom. The molecule has 34 heavy (non-hydrogen) atoms. The maximum Gasteiger partial charge on any atom is 0.205 e. The van der Waals surface area contributed by atoms with E-state index in [0.717, 1.165) is 39.3 Å². The van der Waals surface area contributed by atoms with Crippen molar-refractivity contribution in [3.63, 3.8) is 0 Å². The van der Waals surface area contributed by atoms with E-state index in [1.165, 1.54) is 33.8 Å². The van der Waals surface area contributed by atoms with Crippen LogP contribution in [0.1, 0.15) is 58.6 Å². The maximum atomic E-state index is 3.56. The molecule has 1 aliphatic carbocycles. The lowest BCUT2D eigenvalue weighted by Crippen LogP contribution is -2.22. The quantitative estimate of drug-likeness (QED) is 0.317. The Morgan fingerprint density at radius 3 is 1.29 bits per heavy atom. The summed E-state index contributed by atoms with van der Waals surface area (Å²) in [7, 11) is 0. The van der Waals surface area contributed by atoms with Crippen molar-refractivity contribution in [2.24, 2.45) is 0 Å². The van der Waals surface area contributed by atoms with Gasteiger partial charge in [-0.05, 0) is 76.9 Å². The maximum absolute atomic E-state index is 3.56. The Labute approximate surface area is 208 Å². The van der Waals surface area contributed by atoms with E-state index in [0.29, 0.717) is 0 Å². The highest BCUT2D eigenvalue weighted by molar-refractivity contribution is 5.56. The minimum absolute atomic E-state index is 0.179. The summed E-state index contributed by atoms with van der Waals surface area (Å²) in [6.07, 6.45) is 10.3. The number of allylic oxidation sites excluding steroid dienone is 5. The highest BCUT2D eigenvalue weighted by Crippen LogP contribution is 2.36. The van der Waals surface area contributed by atoms with Gasteiger partial charge in [0.05, 0.1) is 29.7 Å². The van der Waals surface area contributed by atoms with Crippen LogP contribution in [-0.2, 0) is 0 Å². The molecule has 3 nitrogen and oxygen atoms in total. The van der Waals surface area contributed by atoms with Crippen molar-refractivity contribution in [2.45, 2.75) is 47.5 Å². The molecular formula is C31H42N3+. The summed E-state index contributed by atoms with van der Waals surface area (Å²) < 4.78 is 0. The van der Waals surface area contributed by atoms with Crippen molar-refractivity contribution >= 4 is 11.4 Å². The highest BCUT2D eigenvalue weighted by atomic mass is 15.1. The molecule has 0 spiro atoms. The second kappa shape index (κ2) is 12.4. The summed E-state index contributed by atoms with van der Waals surface area (Å²) in [6, 6.07) is 18.3. The van der Waals surface area contributed by atoms with Crippen LogP contribution in [0, 0.1) is 6.08 Å². The third kappa shape index (κ3) is 5.72. The van der Waals surface area contributed by atoms with E-state index in [2.05, 4.69) is 129 Å². The van der Waals surface area contributed by atoms with Gasteiger partial charge in [0, 0.05) is 50.6 Å². The van der Waals surface area contributed by atoms with Crippen LogP contribution >= 0.6 is 0 Å². The Kier molecular flexibility index (Phi) is 9.36. The zero-order valence-corrected chi connectivity index (χ0v) is 22.0. The van der Waals surface area contributed by atoms with Gasteiger partial charge in [0.2, 0.25) is 5.70 Å². The van der Waals surface area contributed by atoms with E-state index >= 15 is 0 Å². The second-order valence-corrected chi connectivity index (χ2v) is 8.64. The van der Waals surface area contributed by atoms with Crippen LogP contribution in [0.25, 0.3) is 0 Å². The average Bonchev–Trinajstić information content (AvgIpc) is 2.89. The standard InChI is InChI=1S/C31H42N3/c1-7-32(8-2)28-19-13-25(14-20-28)31(26-15-21-29(22-16-26)33(9-3)10-4)27-17-23-30(24-18-27)34(11-5)12-6/h13-23,31H,7-12H2,1-6H3/q+1. The number of hydrogen-bond acceptors (Lipinski definition) is 3. The predicted molar refractivity (Wildman–Crippen MR) is 149 cm³/mol. The number of rotatable bonds is 12. The summed E-state index contributed by atoms with van der Waals surface area (Å²) in [6.45, 7) is 19.3. The van der Waals surface area contributed by atoms with Gasteiger partial charge in [-0.3, -0.25) is 0 Å². The molecular weight excluding hydrogens is 414 g/mol. The molecule has 2 aromatic carbocycles. The van der Waals surface area contributed by atoms with E-state index in [1.807, 2.05) is 0 Å². The van der Waals surface area contributed by atoms with Gasteiger partial charge < -0.3 is 14.7 Å². The minimum atomic E-state index is 0.179. The molecule has 3 heteroatoms. The molecule has 0 fully saturated rings. The third-order valence-corrected chi connectivity index (χ3v) is 6.97. The molecule has 0 heterocycles. The number of likely N-dealkylation sites (N-methyl/N-ethyl adjacent to an activating group) is 1. The van der Waals surface area contributed by atoms with Crippen molar-refractivity contribution in [2.75, 3.05) is 49.1 Å². The first-order chi connectivity index (χ1) is 16.6. The van der Waals surface area contributed by atoms with Gasteiger partial charge in [0.1, 0.15) is 6.08 Å². The smallest absolute Gasteiger partial charge is 0.205 e. The summed E-state index contributed by atoms with van der Waals surface area (Å²) in [5.74, 6) is 0.179. The van der Waals surface area contributed by atoms with E-state index in [9.17, 15) is 0 Å². The Morgan fingerprint density at radius 1 is 0.559 bits per heavy atom. The van der Waals surface area contributed by atoms with Crippen LogP contribution in [-0.4, -0.2) is 44.2 Å². The largest absolute Gasteiger partial charge is 0.372 e. The Balaban J connectivity index is 2.00. The lowest BCUT2D eigenvalue weighted by Gasteiger charge is -2.24. The number of anilines is 2. The van der Waals surface area contributed by atoms with Crippen molar-refractivity contribution < 1.29 is 0 Å². The summed E-state index contributed by atoms with van der Waals surface area (Å²) in [5, 5.41) is 0. The van der Waals surface area contributed by atoms with Crippen molar-refractivity contribution in [1.29, 1.82) is 0 Å². The van der Waals surface area contributed by atoms with Crippen molar-refractivity contribution in [3.05, 3.63) is 95.2 Å². The SMILES string of the molecule is CCN(CC)C1=[C+]C=C(C(c2ccc(N(CC)CC)cc2)c2ccc(N(CC)CC)cc2)C=C1. The monoisotopic (exact) mass is 456 g/mol. The van der Waals surface area contributed by atoms with Gasteiger partial charge in [-0.25, -0.2) is 0 Å². The first-order valence-electron chi connectivity index (χ1n) is 13.1. The van der Waals surface area contributed by atoms with Crippen LogP contribution in [0.3, 0.4) is 0 Å². The van der Waals surface area contributed by atoms with Crippen LogP contribution in [0.2, 0.25) is 0 Å². The minimum Gasteiger partial charge on any atom is -0.372 e. The van der Waals surface area contributed by atoms with E-state index in [-0.39, 0.29) is 5.92 Å². The van der Waals surface area contributed by atoms with E-state index in [1.54, 1.807) is 0 Å². The Bertz CT molecular complexity index is 915. The van der Waals surface area contributed by atoms with Gasteiger partial charge in [-0.2, -0.15) is 0 Å². The van der Waals surface area contributed by atoms with Gasteiger partial charge in [-0.1, -0.05) is 24.3 Å². The fraction of sp³-hybridized carbons (Fsp3) is 0.419. The van der Waals surface area contributed by atoms with Crippen LogP contribution in [0.5, 0.6) is 0 Å². The van der Waals surface area contributed by atoms with Crippen LogP contribution < -0.4 is 9.80 Å². The molecule has 180 valence electrons. The molecule has 2 aromatic rings. The lowest BCUT2D eigenvalue weighted by molar-refractivity contribution is 0.392. The number of benzene rings is 2. The topological polar surface area (TPSA) is 9.72 Å². The molecule has 0 saturated heterocycles. The van der Waals surface area contributed by atoms with Crippen molar-refractivity contribution in [1.82, 2.24) is 4.90 Å². The molecule has 0 saturated carbocycles. The average molecular weight is 457 g/mol. The van der Waals surface area contributed by atoms with Gasteiger partial charge in [0.25, 0.3) is 0 Å². The molecule has 3 rings (SSSR count). The normalized spacial score (nSPS) is 12.8. The molecule has 0 aromatic heterocycles. The van der Waals surface area contributed by atoms with Crippen LogP contribution in [0.4, 0.5) is 11.4 Å². The predicted octanol–water partition coefficient (Wildman–Crippen LogP) is 7.04. The first-order valence-corrected chi connectivity index (χ1v) is 13.1. The summed E-state index contributed by atoms with van der Waals surface area (Å²) >= 11 is 0. The molecule has 1 aliphatic rings. The molecule has 0 radical (unpaired) electrons. The third-order valence-electron chi connectivity index (χ3n) is 6.97. The number of nitrogens with zero attached hydrogens (tertiary/aromatic N) is 3. The zero-order chi connectivity index (χ0) is 24.5. The number of hydrogen-bond donors (Lipinski definition) is 0. The molecule has 0 unspecified atom stereocenters. The second-order valence-electron chi connectivity index (χ2n) is 8.64. The van der Waals surface area contributed by atoms with E-state index < -0.39 is 0 Å². The fourth-order valence-corrected chi connectivity index (χ4v) is 4.88. The molecule has 0 atom stereocenters. The van der Waals surface area contributed by atoms with Crippen molar-refractivity contribution in [3.8, 4) is 0 Å². The molecule has 0 N–H and O–H groups in total. The molecule has 0 amide bonds. The fourth-order valence-electron chi connectivity index (χ4n) is 4.88. The molecule has 0 aliphatic heterocycles. The van der Waals surface area contributed by atoms with E-state index in [4.69, 9.17) is 0 Å². The highest BCUT2D eigenvalue weighted by Gasteiger charge is 2.25. The first kappa shape index (κ1) is 25.6. The zero-order valence-electron chi connectivity index (χ0n) is 22.0. The lowest BCUT2D eigenvalue weighted by atomic mass is 9.83. The van der Waals surface area contributed by atoms with Gasteiger partial charge in [-0.15, -0.1) is 0 Å².